The lowest BCUT2D eigenvalue weighted by Crippen LogP contribution is -2.47. The number of hydrogen-bond acceptors (Lipinski definition) is 9. The van der Waals surface area contributed by atoms with Gasteiger partial charge in [0.05, 0.1) is 23.9 Å². The van der Waals surface area contributed by atoms with Crippen molar-refractivity contribution >= 4 is 52.0 Å². The number of aromatic nitrogens is 5. The van der Waals surface area contributed by atoms with Crippen molar-refractivity contribution < 1.29 is 18.7 Å². The van der Waals surface area contributed by atoms with Crippen LogP contribution >= 0.6 is 11.6 Å². The molecule has 4 aromatic rings. The number of halogens is 2. The molecule has 13 heteroatoms. The molecule has 3 saturated carbocycles. The van der Waals surface area contributed by atoms with Crippen LogP contribution in [-0.4, -0.2) is 67.9 Å². The summed E-state index contributed by atoms with van der Waals surface area (Å²) in [6, 6.07) is 3.73. The SMILES string of the molecule is O=C(O)[C@@H]1/C(=N/c2nc(-c3c[nH]c4ncc(Cl)nc34)nc(N3CCN(c4ccco4)CC3)c2F)C2CCC1CC2. The Bertz CT molecular complexity index is 1610. The van der Waals surface area contributed by atoms with Crippen LogP contribution in [0.25, 0.3) is 22.6 Å². The molecular weight excluding hydrogens is 539 g/mol. The summed E-state index contributed by atoms with van der Waals surface area (Å²) in [5.41, 5.74) is 1.95. The monoisotopic (exact) mass is 564 g/mol. The number of furan rings is 1. The van der Waals surface area contributed by atoms with Crippen LogP contribution in [0.5, 0.6) is 0 Å². The first-order valence-electron chi connectivity index (χ1n) is 13.4. The molecule has 11 nitrogen and oxygen atoms in total. The van der Waals surface area contributed by atoms with Crippen molar-refractivity contribution in [3.63, 3.8) is 0 Å². The van der Waals surface area contributed by atoms with Gasteiger partial charge < -0.3 is 24.3 Å². The Morgan fingerprint density at radius 2 is 1.90 bits per heavy atom. The number of carboxylic acid groups (broad SMARTS) is 1. The number of aliphatic carboxylic acids is 1. The van der Waals surface area contributed by atoms with Crippen LogP contribution in [0, 0.1) is 23.6 Å². The fourth-order valence-electron chi connectivity index (χ4n) is 6.31. The van der Waals surface area contributed by atoms with Gasteiger partial charge in [0.15, 0.2) is 29.0 Å². The third-order valence-electron chi connectivity index (χ3n) is 8.29. The van der Waals surface area contributed by atoms with E-state index >= 15 is 4.39 Å². The van der Waals surface area contributed by atoms with E-state index in [9.17, 15) is 9.90 Å². The molecule has 2 bridgehead atoms. The fourth-order valence-corrected chi connectivity index (χ4v) is 6.44. The molecule has 1 atom stereocenters. The number of anilines is 2. The molecule has 2 N–H and O–H groups in total. The molecule has 0 aromatic carbocycles. The highest BCUT2D eigenvalue weighted by Gasteiger charge is 2.45. The van der Waals surface area contributed by atoms with Crippen LogP contribution in [0.1, 0.15) is 25.7 Å². The molecule has 4 aliphatic rings. The molecule has 0 unspecified atom stereocenters. The summed E-state index contributed by atoms with van der Waals surface area (Å²) in [4.78, 5) is 41.7. The van der Waals surface area contributed by atoms with Crippen molar-refractivity contribution in [3.8, 4) is 11.4 Å². The highest BCUT2D eigenvalue weighted by atomic mass is 35.5. The highest BCUT2D eigenvalue weighted by Crippen LogP contribution is 2.45. The number of carbonyl (C=O) groups is 1. The van der Waals surface area contributed by atoms with Gasteiger partial charge in [-0.1, -0.05) is 11.6 Å². The number of nitrogens with zero attached hydrogens (tertiary/aromatic N) is 7. The van der Waals surface area contributed by atoms with E-state index in [-0.39, 0.29) is 34.4 Å². The standard InChI is InChI=1S/C27H26ClFN8O3/c28-17-13-31-25-22(32-17)16(12-30-25)23-34-24(33-21-15-5-3-14(4-6-15)19(21)27(38)39)20(29)26(35-23)37-9-7-36(8-10-37)18-2-1-11-40-18/h1-2,11-15,19H,3-10H2,(H,30,31)(H,38,39)/b33-21+/t14?,15?,19-/m0/s1. The number of rotatable bonds is 5. The Morgan fingerprint density at radius 3 is 2.62 bits per heavy atom. The van der Waals surface area contributed by atoms with E-state index in [1.54, 1.807) is 12.5 Å². The predicted molar refractivity (Wildman–Crippen MR) is 147 cm³/mol. The Balaban J connectivity index is 1.33. The molecule has 40 heavy (non-hydrogen) atoms. The van der Waals surface area contributed by atoms with Gasteiger partial charge in [-0.3, -0.25) is 4.79 Å². The minimum absolute atomic E-state index is 0.00182. The molecule has 1 aliphatic heterocycles. The first kappa shape index (κ1) is 24.9. The molecule has 3 aliphatic carbocycles. The number of aliphatic imine (C=N–C) groups is 1. The summed E-state index contributed by atoms with van der Waals surface area (Å²) >= 11 is 6.12. The normalized spacial score (nSPS) is 23.9. The van der Waals surface area contributed by atoms with Crippen molar-refractivity contribution in [2.24, 2.45) is 22.7 Å². The maximum absolute atomic E-state index is 16.2. The van der Waals surface area contributed by atoms with Gasteiger partial charge in [-0.2, -0.15) is 4.39 Å². The molecule has 0 spiro atoms. The summed E-state index contributed by atoms with van der Waals surface area (Å²) in [6.07, 6.45) is 8.11. The second-order valence-electron chi connectivity index (χ2n) is 10.5. The third-order valence-corrected chi connectivity index (χ3v) is 8.47. The average Bonchev–Trinajstić information content (AvgIpc) is 3.65. The smallest absolute Gasteiger partial charge is 0.312 e. The Kier molecular flexibility index (Phi) is 6.14. The van der Waals surface area contributed by atoms with Crippen LogP contribution in [0.15, 0.2) is 40.2 Å². The zero-order valence-corrected chi connectivity index (χ0v) is 22.2. The van der Waals surface area contributed by atoms with E-state index < -0.39 is 17.7 Å². The lowest BCUT2D eigenvalue weighted by molar-refractivity contribution is -0.142. The van der Waals surface area contributed by atoms with Crippen LogP contribution in [0.2, 0.25) is 5.15 Å². The Hall–Kier alpha value is -4.06. The molecule has 0 radical (unpaired) electrons. The van der Waals surface area contributed by atoms with Gasteiger partial charge in [0, 0.05) is 44.2 Å². The topological polar surface area (TPSA) is 137 Å². The van der Waals surface area contributed by atoms with Crippen LogP contribution in [0.3, 0.4) is 0 Å². The number of fused-ring (bicyclic) bond motifs is 4. The Morgan fingerprint density at radius 1 is 1.12 bits per heavy atom. The summed E-state index contributed by atoms with van der Waals surface area (Å²) in [6.45, 7) is 2.20. The van der Waals surface area contributed by atoms with Crippen LogP contribution in [-0.2, 0) is 4.79 Å². The van der Waals surface area contributed by atoms with Gasteiger partial charge in [-0.05, 0) is 43.6 Å². The molecule has 1 saturated heterocycles. The van der Waals surface area contributed by atoms with Gasteiger partial charge in [-0.25, -0.2) is 24.9 Å². The van der Waals surface area contributed by atoms with Gasteiger partial charge in [-0.15, -0.1) is 0 Å². The van der Waals surface area contributed by atoms with Crippen molar-refractivity contribution in [2.75, 3.05) is 36.0 Å². The van der Waals surface area contributed by atoms with E-state index in [2.05, 4.69) is 34.8 Å². The van der Waals surface area contributed by atoms with E-state index in [4.69, 9.17) is 16.0 Å². The molecule has 4 fully saturated rings. The van der Waals surface area contributed by atoms with Gasteiger partial charge in [0.2, 0.25) is 5.82 Å². The first-order valence-corrected chi connectivity index (χ1v) is 13.8. The van der Waals surface area contributed by atoms with E-state index in [0.717, 1.165) is 31.6 Å². The lowest BCUT2D eigenvalue weighted by atomic mass is 9.63. The highest BCUT2D eigenvalue weighted by molar-refractivity contribution is 6.29. The van der Waals surface area contributed by atoms with Gasteiger partial charge in [0.25, 0.3) is 0 Å². The molecule has 206 valence electrons. The van der Waals surface area contributed by atoms with Crippen molar-refractivity contribution in [2.45, 2.75) is 25.7 Å². The van der Waals surface area contributed by atoms with E-state index in [1.807, 2.05) is 17.0 Å². The minimum Gasteiger partial charge on any atom is -0.481 e. The second kappa shape index (κ2) is 9.84. The van der Waals surface area contributed by atoms with Crippen LogP contribution < -0.4 is 9.80 Å². The van der Waals surface area contributed by atoms with Gasteiger partial charge in [0.1, 0.15) is 10.7 Å². The predicted octanol–water partition coefficient (Wildman–Crippen LogP) is 4.72. The fraction of sp³-hybridized carbons (Fsp3) is 0.407. The second-order valence-corrected chi connectivity index (χ2v) is 10.9. The lowest BCUT2D eigenvalue weighted by Gasteiger charge is -2.41. The maximum Gasteiger partial charge on any atom is 0.312 e. The zero-order valence-electron chi connectivity index (χ0n) is 21.4. The zero-order chi connectivity index (χ0) is 27.4. The summed E-state index contributed by atoms with van der Waals surface area (Å²) in [7, 11) is 0. The summed E-state index contributed by atoms with van der Waals surface area (Å²) < 4.78 is 21.8. The number of piperazine rings is 1. The molecule has 0 amide bonds. The number of H-pyrrole nitrogens is 1. The molecule has 5 heterocycles. The Labute approximate surface area is 233 Å². The van der Waals surface area contributed by atoms with Crippen molar-refractivity contribution in [1.29, 1.82) is 0 Å². The summed E-state index contributed by atoms with van der Waals surface area (Å²) in [5.74, 6) is -1.39. The first-order chi connectivity index (χ1) is 19.5. The molecular formula is C27H26ClFN8O3. The summed E-state index contributed by atoms with van der Waals surface area (Å²) in [5, 5.41) is 10.2. The number of carboxylic acids is 1. The quantitative estimate of drug-likeness (QED) is 0.353. The van der Waals surface area contributed by atoms with E-state index in [1.165, 1.54) is 6.20 Å². The number of hydrogen-bond donors (Lipinski definition) is 2. The van der Waals surface area contributed by atoms with Crippen LogP contribution in [0.4, 0.5) is 21.9 Å². The maximum atomic E-state index is 16.2. The largest absolute Gasteiger partial charge is 0.481 e. The molecule has 8 rings (SSSR count). The minimum atomic E-state index is -0.918. The number of aromatic amines is 1. The number of nitrogens with one attached hydrogen (secondary N) is 1. The average molecular weight is 565 g/mol. The third kappa shape index (κ3) is 4.26. The van der Waals surface area contributed by atoms with Crippen molar-refractivity contribution in [1.82, 2.24) is 24.9 Å². The van der Waals surface area contributed by atoms with Gasteiger partial charge >= 0.3 is 5.97 Å². The van der Waals surface area contributed by atoms with Crippen molar-refractivity contribution in [3.05, 3.63) is 41.8 Å². The van der Waals surface area contributed by atoms with E-state index in [0.29, 0.717) is 48.6 Å². The molecule has 4 aromatic heterocycles.